The summed E-state index contributed by atoms with van der Waals surface area (Å²) in [6, 6.07) is 18.0. The molecular weight excluding hydrogens is 549 g/mol. The van der Waals surface area contributed by atoms with Crippen LogP contribution in [0.15, 0.2) is 76.3 Å². The number of carbonyl (C=O) groups excluding carboxylic acids is 1. The van der Waals surface area contributed by atoms with E-state index in [1.54, 1.807) is 0 Å². The average molecular weight is 577 g/mol. The summed E-state index contributed by atoms with van der Waals surface area (Å²) in [7, 11) is 1.96. The molecule has 6 rings (SSSR count). The second-order valence-electron chi connectivity index (χ2n) is 10.1. The summed E-state index contributed by atoms with van der Waals surface area (Å²) >= 11 is 0. The van der Waals surface area contributed by atoms with Crippen LogP contribution in [-0.2, 0) is 11.0 Å². The SMILES string of the molecule is CN1CCN(c2cc(C(F)(F)F)cnc2-c2nnc(N[C@@H]3CC(=O)Nc4ccccc4/C(c4ccccc4)=N\3)o2)CC1. The molecule has 10 nitrogen and oxygen atoms in total. The quantitative estimate of drug-likeness (QED) is 0.357. The van der Waals surface area contributed by atoms with Gasteiger partial charge in [-0.25, -0.2) is 4.98 Å². The molecular formula is C29H27F3N8O2. The Morgan fingerprint density at radius 1 is 1.00 bits per heavy atom. The van der Waals surface area contributed by atoms with Crippen molar-refractivity contribution in [3.63, 3.8) is 0 Å². The van der Waals surface area contributed by atoms with E-state index < -0.39 is 17.9 Å². The number of hydrogen-bond acceptors (Lipinski definition) is 9. The van der Waals surface area contributed by atoms with Crippen molar-refractivity contribution in [2.24, 2.45) is 4.99 Å². The number of aliphatic imine (C=N–C) groups is 1. The minimum Gasteiger partial charge on any atom is -0.402 e. The summed E-state index contributed by atoms with van der Waals surface area (Å²) in [5.41, 5.74) is 2.45. The third-order valence-electron chi connectivity index (χ3n) is 7.12. The highest BCUT2D eigenvalue weighted by Gasteiger charge is 2.34. The Morgan fingerprint density at radius 3 is 2.50 bits per heavy atom. The predicted octanol–water partition coefficient (Wildman–Crippen LogP) is 4.52. The number of anilines is 3. The highest BCUT2D eigenvalue weighted by Crippen LogP contribution is 2.36. The second-order valence-corrected chi connectivity index (χ2v) is 10.1. The van der Waals surface area contributed by atoms with Crippen LogP contribution in [0.5, 0.6) is 0 Å². The Hall–Kier alpha value is -4.78. The third-order valence-corrected chi connectivity index (χ3v) is 7.12. The summed E-state index contributed by atoms with van der Waals surface area (Å²) in [5.74, 6) is -0.314. The second kappa shape index (κ2) is 11.2. The first-order valence-corrected chi connectivity index (χ1v) is 13.4. The number of benzene rings is 2. The van der Waals surface area contributed by atoms with Gasteiger partial charge in [0.25, 0.3) is 5.89 Å². The minimum absolute atomic E-state index is 0.0343. The molecule has 2 aliphatic rings. The van der Waals surface area contributed by atoms with Gasteiger partial charge in [-0.2, -0.15) is 13.2 Å². The molecule has 2 aromatic heterocycles. The van der Waals surface area contributed by atoms with Crippen molar-refractivity contribution in [3.8, 4) is 11.6 Å². The topological polar surface area (TPSA) is 112 Å². The van der Waals surface area contributed by atoms with E-state index in [9.17, 15) is 18.0 Å². The number of fused-ring (bicyclic) bond motifs is 1. The van der Waals surface area contributed by atoms with Crippen LogP contribution in [0.25, 0.3) is 11.6 Å². The maximum atomic E-state index is 13.6. The largest absolute Gasteiger partial charge is 0.417 e. The standard InChI is InChI=1S/C29H27F3N8O2/c1-39-11-13-40(14-12-39)22-15-19(29(30,31)32)17-33-26(22)27-37-38-28(42-27)36-23-16-24(41)34-21-10-6-5-9-20(21)25(35-23)18-7-3-2-4-8-18/h2-10,15,17,23H,11-14,16H2,1H3,(H,34,41)(H,36,38)/b35-25-/t23-/m1/s1. The molecule has 0 aliphatic carbocycles. The Labute approximate surface area is 239 Å². The molecule has 1 saturated heterocycles. The highest BCUT2D eigenvalue weighted by atomic mass is 19.4. The zero-order valence-electron chi connectivity index (χ0n) is 22.6. The number of para-hydroxylation sites is 1. The Bertz CT molecular complexity index is 1610. The van der Waals surface area contributed by atoms with Gasteiger partial charge in [0.2, 0.25) is 5.91 Å². The summed E-state index contributed by atoms with van der Waals surface area (Å²) in [5, 5.41) is 14.1. The van der Waals surface area contributed by atoms with Gasteiger partial charge in [0.1, 0.15) is 6.17 Å². The van der Waals surface area contributed by atoms with Gasteiger partial charge < -0.3 is 24.9 Å². The maximum absolute atomic E-state index is 13.6. The molecule has 4 aromatic rings. The molecule has 1 amide bonds. The Morgan fingerprint density at radius 2 is 1.74 bits per heavy atom. The number of carbonyl (C=O) groups is 1. The van der Waals surface area contributed by atoms with Crippen LogP contribution in [0.2, 0.25) is 0 Å². The molecule has 0 radical (unpaired) electrons. The van der Waals surface area contributed by atoms with Gasteiger partial charge in [-0.1, -0.05) is 53.6 Å². The average Bonchev–Trinajstić information content (AvgIpc) is 3.44. The van der Waals surface area contributed by atoms with Crippen molar-refractivity contribution < 1.29 is 22.4 Å². The highest BCUT2D eigenvalue weighted by molar-refractivity contribution is 6.17. The van der Waals surface area contributed by atoms with Crippen LogP contribution in [0.4, 0.5) is 30.6 Å². The fourth-order valence-electron chi connectivity index (χ4n) is 4.94. The van der Waals surface area contributed by atoms with Crippen LogP contribution < -0.4 is 15.5 Å². The summed E-state index contributed by atoms with van der Waals surface area (Å²) in [4.78, 5) is 25.7. The number of piperazine rings is 1. The normalized spacial score (nSPS) is 19.2. The lowest BCUT2D eigenvalue weighted by Gasteiger charge is -2.34. The molecule has 4 heterocycles. The Kier molecular flexibility index (Phi) is 7.33. The van der Waals surface area contributed by atoms with Gasteiger partial charge in [0.05, 0.1) is 29.1 Å². The van der Waals surface area contributed by atoms with Gasteiger partial charge >= 0.3 is 12.2 Å². The van der Waals surface area contributed by atoms with Crippen molar-refractivity contribution in [3.05, 3.63) is 83.6 Å². The van der Waals surface area contributed by atoms with Crippen LogP contribution in [0, 0.1) is 0 Å². The van der Waals surface area contributed by atoms with Crippen molar-refractivity contribution in [1.29, 1.82) is 0 Å². The molecule has 2 aliphatic heterocycles. The van der Waals surface area contributed by atoms with Crippen LogP contribution in [0.1, 0.15) is 23.1 Å². The number of likely N-dealkylation sites (N-methyl/N-ethyl adjacent to an activating group) is 1. The van der Waals surface area contributed by atoms with Crippen LogP contribution in [0.3, 0.4) is 0 Å². The lowest BCUT2D eigenvalue weighted by Crippen LogP contribution is -2.44. The molecule has 0 saturated carbocycles. The molecule has 2 aromatic carbocycles. The molecule has 0 unspecified atom stereocenters. The molecule has 1 fully saturated rings. The van der Waals surface area contributed by atoms with Gasteiger partial charge in [-0.15, -0.1) is 5.10 Å². The number of aromatic nitrogens is 3. The molecule has 0 bridgehead atoms. The maximum Gasteiger partial charge on any atom is 0.417 e. The molecule has 42 heavy (non-hydrogen) atoms. The number of halogens is 3. The molecule has 0 spiro atoms. The third kappa shape index (κ3) is 5.81. The first-order valence-electron chi connectivity index (χ1n) is 13.4. The monoisotopic (exact) mass is 576 g/mol. The molecule has 1 atom stereocenters. The summed E-state index contributed by atoms with van der Waals surface area (Å²) in [6.07, 6.45) is -4.60. The molecule has 216 valence electrons. The van der Waals surface area contributed by atoms with Crippen molar-refractivity contribution >= 4 is 29.0 Å². The van der Waals surface area contributed by atoms with E-state index in [0.29, 0.717) is 37.6 Å². The van der Waals surface area contributed by atoms with Crippen molar-refractivity contribution in [1.82, 2.24) is 20.1 Å². The van der Waals surface area contributed by atoms with Gasteiger partial charge in [-0.3, -0.25) is 9.79 Å². The fraction of sp³-hybridized carbons (Fsp3) is 0.276. The number of amides is 1. The van der Waals surface area contributed by atoms with Crippen LogP contribution >= 0.6 is 0 Å². The van der Waals surface area contributed by atoms with E-state index in [1.807, 2.05) is 66.5 Å². The first-order chi connectivity index (χ1) is 20.2. The van der Waals surface area contributed by atoms with Crippen LogP contribution in [-0.4, -0.2) is 71.1 Å². The Balaban J connectivity index is 1.34. The zero-order chi connectivity index (χ0) is 29.3. The number of pyridine rings is 1. The van der Waals surface area contributed by atoms with Gasteiger partial charge in [0.15, 0.2) is 5.69 Å². The van der Waals surface area contributed by atoms with E-state index in [-0.39, 0.29) is 35.6 Å². The molecule has 13 heteroatoms. The lowest BCUT2D eigenvalue weighted by atomic mass is 9.99. The smallest absolute Gasteiger partial charge is 0.402 e. The van der Waals surface area contributed by atoms with Crippen molar-refractivity contribution in [2.45, 2.75) is 18.8 Å². The first kappa shape index (κ1) is 27.4. The minimum atomic E-state index is -4.56. The lowest BCUT2D eigenvalue weighted by molar-refractivity contribution is -0.137. The predicted molar refractivity (Wildman–Crippen MR) is 151 cm³/mol. The zero-order valence-corrected chi connectivity index (χ0v) is 22.6. The van der Waals surface area contributed by atoms with E-state index in [2.05, 4.69) is 30.7 Å². The van der Waals surface area contributed by atoms with E-state index in [1.165, 1.54) is 0 Å². The van der Waals surface area contributed by atoms with Crippen molar-refractivity contribution in [2.75, 3.05) is 48.8 Å². The number of nitrogens with zero attached hydrogens (tertiary/aromatic N) is 6. The van der Waals surface area contributed by atoms with Gasteiger partial charge in [0, 0.05) is 43.5 Å². The van der Waals surface area contributed by atoms with Gasteiger partial charge in [-0.05, 0) is 19.2 Å². The number of hydrogen-bond donors (Lipinski definition) is 2. The van der Waals surface area contributed by atoms with E-state index in [0.717, 1.165) is 23.4 Å². The summed E-state index contributed by atoms with van der Waals surface area (Å²) < 4.78 is 46.5. The fourth-order valence-corrected chi connectivity index (χ4v) is 4.94. The number of rotatable bonds is 5. The summed E-state index contributed by atoms with van der Waals surface area (Å²) in [6.45, 7) is 2.39. The number of alkyl halides is 3. The van der Waals surface area contributed by atoms with E-state index >= 15 is 0 Å². The molecule has 2 N–H and O–H groups in total. The van der Waals surface area contributed by atoms with E-state index in [4.69, 9.17) is 9.41 Å². The number of nitrogens with one attached hydrogen (secondary N) is 2.